The normalized spacial score (nSPS) is 13.9. The van der Waals surface area contributed by atoms with E-state index in [0.29, 0.717) is 24.3 Å². The number of aromatic nitrogens is 1. The van der Waals surface area contributed by atoms with Gasteiger partial charge in [-0.05, 0) is 24.8 Å². The van der Waals surface area contributed by atoms with Gasteiger partial charge >= 0.3 is 5.97 Å². The minimum atomic E-state index is -0.385. The van der Waals surface area contributed by atoms with E-state index >= 15 is 0 Å². The van der Waals surface area contributed by atoms with Crippen molar-refractivity contribution in [3.63, 3.8) is 0 Å². The summed E-state index contributed by atoms with van der Waals surface area (Å²) in [4.78, 5) is 27.0. The molecule has 1 aliphatic carbocycles. The molecule has 0 bridgehead atoms. The number of rotatable bonds is 10. The number of hydrogen-bond acceptors (Lipinski definition) is 3. The van der Waals surface area contributed by atoms with Gasteiger partial charge in [-0.1, -0.05) is 51.9 Å². The van der Waals surface area contributed by atoms with Crippen LogP contribution in [0.25, 0.3) is 0 Å². The lowest BCUT2D eigenvalue weighted by Crippen LogP contribution is -2.15. The second-order valence-electron chi connectivity index (χ2n) is 6.45. The van der Waals surface area contributed by atoms with Crippen LogP contribution in [0.2, 0.25) is 0 Å². The Morgan fingerprint density at radius 3 is 2.52 bits per heavy atom. The maximum Gasteiger partial charge on any atom is 0.355 e. The molecule has 1 N–H and O–H groups in total. The van der Waals surface area contributed by atoms with Gasteiger partial charge in [0.2, 0.25) is 0 Å². The Morgan fingerprint density at radius 2 is 1.78 bits per heavy atom. The van der Waals surface area contributed by atoms with E-state index in [1.165, 1.54) is 38.5 Å². The van der Waals surface area contributed by atoms with Gasteiger partial charge in [-0.15, -0.1) is 0 Å². The predicted octanol–water partition coefficient (Wildman–Crippen LogP) is 4.83. The summed E-state index contributed by atoms with van der Waals surface area (Å²) < 4.78 is 5.32. The topological polar surface area (TPSA) is 59.2 Å². The SMILES string of the molecule is CCCCCCCCCCOC(=O)c1[nH]cc2c1C(=O)CCC2. The number of unbranched alkanes of at least 4 members (excludes halogenated alkanes) is 7. The van der Waals surface area contributed by atoms with Crippen molar-refractivity contribution in [2.75, 3.05) is 6.61 Å². The summed E-state index contributed by atoms with van der Waals surface area (Å²) in [6.45, 7) is 2.67. The third-order valence-corrected chi connectivity index (χ3v) is 4.53. The molecule has 1 aliphatic rings. The zero-order chi connectivity index (χ0) is 16.5. The fraction of sp³-hybridized carbons (Fsp3) is 0.684. The van der Waals surface area contributed by atoms with Gasteiger partial charge in [0.25, 0.3) is 0 Å². The summed E-state index contributed by atoms with van der Waals surface area (Å²) in [6.07, 6.45) is 13.8. The molecule has 1 aromatic heterocycles. The van der Waals surface area contributed by atoms with E-state index in [1.807, 2.05) is 0 Å². The molecule has 1 aromatic rings. The third kappa shape index (κ3) is 5.22. The van der Waals surface area contributed by atoms with E-state index in [0.717, 1.165) is 31.2 Å². The molecule has 0 fully saturated rings. The second kappa shape index (κ2) is 9.53. The van der Waals surface area contributed by atoms with Crippen LogP contribution in [-0.4, -0.2) is 23.3 Å². The first-order valence-electron chi connectivity index (χ1n) is 9.14. The minimum Gasteiger partial charge on any atom is -0.461 e. The molecule has 23 heavy (non-hydrogen) atoms. The number of esters is 1. The number of ketones is 1. The van der Waals surface area contributed by atoms with Crippen LogP contribution in [0, 0.1) is 0 Å². The molecule has 0 aliphatic heterocycles. The van der Waals surface area contributed by atoms with E-state index in [1.54, 1.807) is 6.20 Å². The maximum absolute atomic E-state index is 12.1. The number of nitrogens with one attached hydrogen (secondary N) is 1. The van der Waals surface area contributed by atoms with E-state index in [-0.39, 0.29) is 11.8 Å². The first-order chi connectivity index (χ1) is 11.2. The van der Waals surface area contributed by atoms with E-state index < -0.39 is 0 Å². The Morgan fingerprint density at radius 1 is 1.09 bits per heavy atom. The lowest BCUT2D eigenvalue weighted by Gasteiger charge is -2.11. The smallest absolute Gasteiger partial charge is 0.355 e. The number of H-pyrrole nitrogens is 1. The standard InChI is InChI=1S/C19H29NO3/c1-2-3-4-5-6-7-8-9-13-23-19(22)18-17-15(14-20-18)11-10-12-16(17)21/h14,20H,2-13H2,1H3. The van der Waals surface area contributed by atoms with Gasteiger partial charge in [-0.3, -0.25) is 4.79 Å². The predicted molar refractivity (Wildman–Crippen MR) is 91.0 cm³/mol. The van der Waals surface area contributed by atoms with Gasteiger partial charge in [-0.2, -0.15) is 0 Å². The summed E-state index contributed by atoms with van der Waals surface area (Å²) in [5.74, 6) is -0.323. The van der Waals surface area contributed by atoms with Gasteiger partial charge in [0, 0.05) is 12.6 Å². The monoisotopic (exact) mass is 319 g/mol. The van der Waals surface area contributed by atoms with E-state index in [4.69, 9.17) is 4.74 Å². The molecule has 0 radical (unpaired) electrons. The highest BCUT2D eigenvalue weighted by Gasteiger charge is 2.26. The molecule has 1 heterocycles. The highest BCUT2D eigenvalue weighted by Crippen LogP contribution is 2.24. The zero-order valence-corrected chi connectivity index (χ0v) is 14.3. The number of carbonyl (C=O) groups is 2. The Balaban J connectivity index is 1.64. The average Bonchev–Trinajstić information content (AvgIpc) is 2.99. The first-order valence-corrected chi connectivity index (χ1v) is 9.14. The van der Waals surface area contributed by atoms with Crippen LogP contribution in [0.15, 0.2) is 6.20 Å². The van der Waals surface area contributed by atoms with Gasteiger partial charge in [0.1, 0.15) is 5.69 Å². The first kappa shape index (κ1) is 17.8. The van der Waals surface area contributed by atoms with Crippen molar-refractivity contribution in [1.82, 2.24) is 4.98 Å². The second-order valence-corrected chi connectivity index (χ2v) is 6.45. The van der Waals surface area contributed by atoms with Gasteiger partial charge < -0.3 is 9.72 Å². The van der Waals surface area contributed by atoms with Crippen molar-refractivity contribution < 1.29 is 14.3 Å². The Bertz CT molecular complexity index is 519. The molecule has 4 nitrogen and oxygen atoms in total. The lowest BCUT2D eigenvalue weighted by molar-refractivity contribution is 0.0488. The molecule has 2 rings (SSSR count). The minimum absolute atomic E-state index is 0.0616. The van der Waals surface area contributed by atoms with Crippen molar-refractivity contribution in [1.29, 1.82) is 0 Å². The molecule has 0 saturated heterocycles. The van der Waals surface area contributed by atoms with Crippen LogP contribution in [0.3, 0.4) is 0 Å². The molecule has 128 valence electrons. The zero-order valence-electron chi connectivity index (χ0n) is 14.3. The molecule has 0 amide bonds. The number of Topliss-reactive ketones (excluding diaryl/α,β-unsaturated/α-hetero) is 1. The van der Waals surface area contributed by atoms with Gasteiger partial charge in [0.05, 0.1) is 12.2 Å². The number of aryl methyl sites for hydroxylation is 1. The van der Waals surface area contributed by atoms with Crippen molar-refractivity contribution in [3.05, 3.63) is 23.0 Å². The van der Waals surface area contributed by atoms with Crippen molar-refractivity contribution in [2.24, 2.45) is 0 Å². The molecular formula is C19H29NO3. The molecule has 0 spiro atoms. The van der Waals surface area contributed by atoms with Crippen LogP contribution in [0.4, 0.5) is 0 Å². The molecule has 0 atom stereocenters. The van der Waals surface area contributed by atoms with E-state index in [2.05, 4.69) is 11.9 Å². The van der Waals surface area contributed by atoms with Crippen molar-refractivity contribution >= 4 is 11.8 Å². The third-order valence-electron chi connectivity index (χ3n) is 4.53. The molecule has 0 saturated carbocycles. The maximum atomic E-state index is 12.1. The fourth-order valence-corrected chi connectivity index (χ4v) is 3.18. The largest absolute Gasteiger partial charge is 0.461 e. The van der Waals surface area contributed by atoms with Gasteiger partial charge in [-0.25, -0.2) is 4.79 Å². The summed E-state index contributed by atoms with van der Waals surface area (Å²) >= 11 is 0. The molecule has 4 heteroatoms. The quantitative estimate of drug-likeness (QED) is 0.496. The van der Waals surface area contributed by atoms with Gasteiger partial charge in [0.15, 0.2) is 5.78 Å². The average molecular weight is 319 g/mol. The Labute approximate surface area is 139 Å². The molecule has 0 unspecified atom stereocenters. The number of hydrogen-bond donors (Lipinski definition) is 1. The highest BCUT2D eigenvalue weighted by molar-refractivity contribution is 6.07. The Hall–Kier alpha value is -1.58. The summed E-state index contributed by atoms with van der Waals surface area (Å²) in [5, 5.41) is 0. The van der Waals surface area contributed by atoms with Crippen LogP contribution in [0.1, 0.15) is 97.5 Å². The lowest BCUT2D eigenvalue weighted by atomic mass is 9.92. The molecular weight excluding hydrogens is 290 g/mol. The van der Waals surface area contributed by atoms with E-state index in [9.17, 15) is 9.59 Å². The summed E-state index contributed by atoms with van der Waals surface area (Å²) in [6, 6.07) is 0. The summed E-state index contributed by atoms with van der Waals surface area (Å²) in [5.41, 5.74) is 1.88. The van der Waals surface area contributed by atoms with Crippen molar-refractivity contribution in [2.45, 2.75) is 77.6 Å². The highest BCUT2D eigenvalue weighted by atomic mass is 16.5. The fourth-order valence-electron chi connectivity index (χ4n) is 3.18. The van der Waals surface area contributed by atoms with Crippen LogP contribution >= 0.6 is 0 Å². The number of aromatic amines is 1. The number of carbonyl (C=O) groups excluding carboxylic acids is 2. The Kier molecular flexibility index (Phi) is 7.37. The number of fused-ring (bicyclic) bond motifs is 1. The number of ether oxygens (including phenoxy) is 1. The summed E-state index contributed by atoms with van der Waals surface area (Å²) in [7, 11) is 0. The van der Waals surface area contributed by atoms with Crippen LogP contribution in [0.5, 0.6) is 0 Å². The van der Waals surface area contributed by atoms with Crippen LogP contribution < -0.4 is 0 Å². The van der Waals surface area contributed by atoms with Crippen LogP contribution in [-0.2, 0) is 11.2 Å². The molecule has 0 aromatic carbocycles. The van der Waals surface area contributed by atoms with Crippen molar-refractivity contribution in [3.8, 4) is 0 Å².